The Balaban J connectivity index is 1.85. The smallest absolute Gasteiger partial charge is 0.385 e. The van der Waals surface area contributed by atoms with Crippen LogP contribution in [0.25, 0.3) is 5.82 Å². The van der Waals surface area contributed by atoms with Gasteiger partial charge in [-0.25, -0.2) is 9.55 Å². The van der Waals surface area contributed by atoms with Crippen molar-refractivity contribution in [3.05, 3.63) is 72.0 Å². The Kier molecular flexibility index (Phi) is 8.40. The van der Waals surface area contributed by atoms with Crippen LogP contribution in [0.15, 0.2) is 27.5 Å². The second kappa shape index (κ2) is 11.2. The van der Waals surface area contributed by atoms with Gasteiger partial charge in [0.1, 0.15) is 22.6 Å². The maximum absolute atomic E-state index is 13.9. The van der Waals surface area contributed by atoms with Crippen LogP contribution in [0.1, 0.15) is 70.4 Å². The third-order valence-electron chi connectivity index (χ3n) is 6.94. The molecule has 10 nitrogen and oxygen atoms in total. The minimum Gasteiger partial charge on any atom is -0.385 e. The van der Waals surface area contributed by atoms with E-state index < -0.39 is 47.2 Å². The van der Waals surface area contributed by atoms with Crippen LogP contribution in [0.2, 0.25) is 5.02 Å². The number of hydrogen-bond acceptors (Lipinski definition) is 6. The van der Waals surface area contributed by atoms with E-state index in [-0.39, 0.29) is 56.6 Å². The average Bonchev–Trinajstić information content (AvgIpc) is 3.19. The molecular formula is C26H27BrClF3N6O4. The molecule has 0 bridgehead atoms. The van der Waals surface area contributed by atoms with Crippen LogP contribution in [-0.2, 0) is 26.2 Å². The number of halogens is 5. The maximum Gasteiger partial charge on any atom is 0.417 e. The van der Waals surface area contributed by atoms with E-state index in [0.29, 0.717) is 0 Å². The van der Waals surface area contributed by atoms with E-state index in [9.17, 15) is 32.7 Å². The lowest BCUT2D eigenvalue weighted by molar-refractivity contribution is -0.138. The molecule has 0 saturated carbocycles. The van der Waals surface area contributed by atoms with Gasteiger partial charge in [-0.3, -0.25) is 19.1 Å². The number of aromatic nitrogens is 4. The average molecular weight is 660 g/mol. The summed E-state index contributed by atoms with van der Waals surface area (Å²) in [6.45, 7) is 4.91. The highest BCUT2D eigenvalue weighted by molar-refractivity contribution is 9.10. The molecule has 2 amide bonds. The fourth-order valence-electron chi connectivity index (χ4n) is 4.68. The Labute approximate surface area is 246 Å². The van der Waals surface area contributed by atoms with Gasteiger partial charge in [-0.05, 0) is 37.5 Å². The number of benzene rings is 1. The summed E-state index contributed by atoms with van der Waals surface area (Å²) in [7, 11) is 2.89. The summed E-state index contributed by atoms with van der Waals surface area (Å²) in [4.78, 5) is 45.6. The van der Waals surface area contributed by atoms with Gasteiger partial charge >= 0.3 is 6.18 Å². The van der Waals surface area contributed by atoms with Gasteiger partial charge in [-0.1, -0.05) is 41.4 Å². The Bertz CT molecular complexity index is 1600. The zero-order valence-corrected chi connectivity index (χ0v) is 25.0. The number of amides is 2. The lowest BCUT2D eigenvalue weighted by atomic mass is 9.97. The summed E-state index contributed by atoms with van der Waals surface area (Å²) in [5.74, 6) is -1.80. The van der Waals surface area contributed by atoms with E-state index in [1.54, 1.807) is 20.8 Å². The summed E-state index contributed by atoms with van der Waals surface area (Å²) in [6, 6.07) is 2.64. The van der Waals surface area contributed by atoms with Crippen LogP contribution < -0.4 is 10.9 Å². The number of carbonyl (C=O) groups is 2. The predicted octanol–water partition coefficient (Wildman–Crippen LogP) is 4.04. The molecule has 1 aliphatic heterocycles. The van der Waals surface area contributed by atoms with E-state index in [1.165, 1.54) is 29.7 Å². The minimum atomic E-state index is -4.67. The van der Waals surface area contributed by atoms with Gasteiger partial charge in [-0.15, -0.1) is 0 Å². The molecule has 3 heterocycles. The molecule has 2 atom stereocenters. The van der Waals surface area contributed by atoms with Crippen LogP contribution in [0.5, 0.6) is 0 Å². The molecule has 1 unspecified atom stereocenters. The van der Waals surface area contributed by atoms with Gasteiger partial charge in [-0.2, -0.15) is 18.3 Å². The summed E-state index contributed by atoms with van der Waals surface area (Å²) >= 11 is 9.40. The lowest BCUT2D eigenvalue weighted by Crippen LogP contribution is -2.46. The van der Waals surface area contributed by atoms with Gasteiger partial charge < -0.3 is 15.3 Å². The monoisotopic (exact) mass is 658 g/mol. The van der Waals surface area contributed by atoms with Crippen molar-refractivity contribution in [2.24, 2.45) is 13.0 Å². The number of aliphatic hydroxyl groups is 1. The number of nitrogens with one attached hydrogen (secondary N) is 1. The van der Waals surface area contributed by atoms with Gasteiger partial charge in [0.2, 0.25) is 0 Å². The van der Waals surface area contributed by atoms with E-state index in [2.05, 4.69) is 31.3 Å². The van der Waals surface area contributed by atoms with Crippen LogP contribution in [0.4, 0.5) is 13.2 Å². The second-order valence-corrected chi connectivity index (χ2v) is 11.3. The van der Waals surface area contributed by atoms with Gasteiger partial charge in [0.25, 0.3) is 17.4 Å². The molecule has 2 N–H and O–H groups in total. The minimum absolute atomic E-state index is 0.00311. The third kappa shape index (κ3) is 5.52. The van der Waals surface area contributed by atoms with E-state index >= 15 is 0 Å². The number of fused-ring (bicyclic) bond motifs is 1. The van der Waals surface area contributed by atoms with Crippen LogP contribution in [-0.4, -0.2) is 54.2 Å². The third-order valence-corrected chi connectivity index (χ3v) is 7.98. The van der Waals surface area contributed by atoms with Crippen molar-refractivity contribution >= 4 is 39.3 Å². The number of aryl methyl sites for hydroxylation is 1. The molecular weight excluding hydrogens is 633 g/mol. The van der Waals surface area contributed by atoms with E-state index in [4.69, 9.17) is 11.6 Å². The first kappa shape index (κ1) is 30.7. The number of carbonyl (C=O) groups excluding carboxylic acids is 2. The van der Waals surface area contributed by atoms with Crippen molar-refractivity contribution in [1.82, 2.24) is 29.5 Å². The number of rotatable bonds is 5. The van der Waals surface area contributed by atoms with Crippen molar-refractivity contribution < 1.29 is 27.9 Å². The summed E-state index contributed by atoms with van der Waals surface area (Å²) in [6.07, 6.45) is -5.91. The first-order valence-electron chi connectivity index (χ1n) is 12.5. The molecule has 0 aliphatic carbocycles. The maximum atomic E-state index is 13.9. The molecule has 1 aromatic carbocycles. The number of nitrogens with zero attached hydrogens (tertiary/aromatic N) is 5. The first-order chi connectivity index (χ1) is 19.1. The fraction of sp³-hybridized carbons (Fsp3) is 0.423. The molecule has 2 aromatic heterocycles. The molecule has 0 saturated heterocycles. The van der Waals surface area contributed by atoms with Gasteiger partial charge in [0.05, 0.1) is 17.8 Å². The normalized spacial score (nSPS) is 16.1. The molecule has 41 heavy (non-hydrogen) atoms. The van der Waals surface area contributed by atoms with Gasteiger partial charge in [0.15, 0.2) is 5.82 Å². The molecule has 15 heteroatoms. The fourth-order valence-corrected chi connectivity index (χ4v) is 5.49. The number of alkyl halides is 3. The largest absolute Gasteiger partial charge is 0.417 e. The van der Waals surface area contributed by atoms with Crippen molar-refractivity contribution in [1.29, 1.82) is 0 Å². The van der Waals surface area contributed by atoms with Crippen molar-refractivity contribution in [2.45, 2.75) is 52.1 Å². The Morgan fingerprint density at radius 2 is 1.93 bits per heavy atom. The van der Waals surface area contributed by atoms with Gasteiger partial charge in [0, 0.05) is 35.7 Å². The second-order valence-electron chi connectivity index (χ2n) is 10.1. The highest BCUT2D eigenvalue weighted by atomic mass is 79.9. The molecule has 0 radical (unpaired) electrons. The molecule has 4 rings (SSSR count). The van der Waals surface area contributed by atoms with Crippen molar-refractivity contribution in [2.75, 3.05) is 7.05 Å². The highest BCUT2D eigenvalue weighted by Crippen LogP contribution is 2.36. The first-order valence-corrected chi connectivity index (χ1v) is 13.7. The summed E-state index contributed by atoms with van der Waals surface area (Å²) < 4.78 is 42.5. The van der Waals surface area contributed by atoms with E-state index in [1.807, 2.05) is 0 Å². The summed E-state index contributed by atoms with van der Waals surface area (Å²) in [5.41, 5.74) is -1.32. The van der Waals surface area contributed by atoms with Crippen molar-refractivity contribution in [3.63, 3.8) is 0 Å². The molecule has 3 aromatic rings. The molecule has 220 valence electrons. The van der Waals surface area contributed by atoms with Crippen LogP contribution in [0.3, 0.4) is 0 Å². The van der Waals surface area contributed by atoms with E-state index in [0.717, 1.165) is 16.7 Å². The molecule has 0 spiro atoms. The highest BCUT2D eigenvalue weighted by Gasteiger charge is 2.37. The zero-order valence-electron chi connectivity index (χ0n) is 22.7. The summed E-state index contributed by atoms with van der Waals surface area (Å²) in [5, 5.41) is 17.7. The Morgan fingerprint density at radius 1 is 1.27 bits per heavy atom. The SMILES string of the molecule is CNC(=O)c1c(Cl)c(-n2c(C(O)C(C)C)nc3c(c2=O)C[C@@H](C)N(C(=O)c2ccc(Br)c(C(F)(F)F)c2)C3)nn1C. The lowest BCUT2D eigenvalue weighted by Gasteiger charge is -2.35. The zero-order chi connectivity index (χ0) is 30.5. The quantitative estimate of drug-likeness (QED) is 0.427. The predicted molar refractivity (Wildman–Crippen MR) is 147 cm³/mol. The van der Waals surface area contributed by atoms with Crippen molar-refractivity contribution in [3.8, 4) is 5.82 Å². The molecule has 0 fully saturated rings. The number of hydrogen-bond donors (Lipinski definition) is 2. The van der Waals surface area contributed by atoms with Crippen LogP contribution >= 0.6 is 27.5 Å². The Hall–Kier alpha value is -3.23. The van der Waals surface area contributed by atoms with Crippen LogP contribution in [0, 0.1) is 5.92 Å². The number of aliphatic hydroxyl groups excluding tert-OH is 1. The standard InChI is InChI=1S/C26H27BrClF3N6O4/c1-11(2)20(38)22-33-17-10-36(24(40)13-6-7-16(27)15(9-13)26(29,30)31)12(3)8-14(17)25(41)37(22)21-18(28)19(23(39)32-4)35(5)34-21/h6-7,9,11-12,20,38H,8,10H2,1-5H3,(H,32,39)/t12-,20?/m1/s1. The Morgan fingerprint density at radius 3 is 2.51 bits per heavy atom. The molecule has 1 aliphatic rings. The topological polar surface area (TPSA) is 122 Å².